The Balaban J connectivity index is 4.03. The molecule has 0 rings (SSSR count). The number of carbonyl (C=O) groups is 2. The van der Waals surface area contributed by atoms with E-state index in [1.54, 1.807) is 0 Å². The Kier molecular flexibility index (Phi) is 5.37. The number of rotatable bonds is 3. The summed E-state index contributed by atoms with van der Waals surface area (Å²) in [6.07, 6.45) is 6.63. The molecule has 0 aromatic heterocycles. The average Bonchev–Trinajstić information content (AvgIpc) is 2.15. The van der Waals surface area contributed by atoms with Gasteiger partial charge in [0.25, 0.3) is 0 Å². The molecule has 1 N–H and O–H groups in total. The molecule has 1 unspecified atom stereocenters. The van der Waals surface area contributed by atoms with Crippen LogP contribution in [0.4, 0.5) is 0 Å². The highest BCUT2D eigenvalue weighted by atomic mass is 16.5. The number of hydrogen-bond donors (Lipinski definition) is 1. The fourth-order valence-electron chi connectivity index (χ4n) is 0.796. The monoisotopic (exact) mass is 183 g/mol. The van der Waals surface area contributed by atoms with E-state index in [1.165, 1.54) is 0 Å². The molecule has 13 heavy (non-hydrogen) atoms. The van der Waals surface area contributed by atoms with Crippen molar-refractivity contribution in [3.63, 3.8) is 0 Å². The van der Waals surface area contributed by atoms with Gasteiger partial charge in [0.2, 0.25) is 0 Å². The number of esters is 1. The van der Waals surface area contributed by atoms with Gasteiger partial charge in [-0.05, 0) is 6.42 Å². The van der Waals surface area contributed by atoms with E-state index in [0.717, 1.165) is 13.5 Å². The van der Waals surface area contributed by atoms with Gasteiger partial charge in [-0.2, -0.15) is 0 Å². The quantitative estimate of drug-likeness (QED) is 0.383. The molecule has 72 valence electrons. The molecule has 0 saturated heterocycles. The van der Waals surface area contributed by atoms with Crippen LogP contribution in [0.2, 0.25) is 0 Å². The molecule has 0 spiro atoms. The summed E-state index contributed by atoms with van der Waals surface area (Å²) in [5, 5.41) is 2.37. The first kappa shape index (κ1) is 11.5. The molecule has 0 aliphatic rings. The molecule has 0 aliphatic heterocycles. The maximum Gasteiger partial charge on any atom is 0.396 e. The largest absolute Gasteiger partial charge is 0.462 e. The second kappa shape index (κ2) is 6.06. The minimum atomic E-state index is -0.920. The minimum absolute atomic E-state index is 0.392. The van der Waals surface area contributed by atoms with Crippen molar-refractivity contribution in [2.75, 3.05) is 7.11 Å². The predicted octanol–water partition coefficient (Wildman–Crippen LogP) is 0.0775. The lowest BCUT2D eigenvalue weighted by molar-refractivity contribution is -0.152. The molecule has 4 heteroatoms. The SMILES string of the molecule is C#CC(CCC)NC(=O)C(=O)OC. The minimum Gasteiger partial charge on any atom is -0.462 e. The summed E-state index contributed by atoms with van der Waals surface area (Å²) in [6, 6.07) is -0.392. The highest BCUT2D eigenvalue weighted by molar-refractivity contribution is 6.32. The summed E-state index contributed by atoms with van der Waals surface area (Å²) >= 11 is 0. The molecule has 1 atom stereocenters. The predicted molar refractivity (Wildman–Crippen MR) is 47.7 cm³/mol. The Labute approximate surface area is 77.6 Å². The van der Waals surface area contributed by atoms with Gasteiger partial charge in [-0.3, -0.25) is 4.79 Å². The zero-order valence-corrected chi connectivity index (χ0v) is 7.79. The third kappa shape index (κ3) is 4.16. The zero-order chi connectivity index (χ0) is 10.3. The van der Waals surface area contributed by atoms with Crippen LogP contribution in [0.1, 0.15) is 19.8 Å². The van der Waals surface area contributed by atoms with E-state index < -0.39 is 17.9 Å². The second-order valence-corrected chi connectivity index (χ2v) is 2.47. The van der Waals surface area contributed by atoms with Crippen molar-refractivity contribution in [2.45, 2.75) is 25.8 Å². The van der Waals surface area contributed by atoms with Crippen LogP contribution in [0, 0.1) is 12.3 Å². The van der Waals surface area contributed by atoms with Gasteiger partial charge in [0.15, 0.2) is 0 Å². The Bertz CT molecular complexity index is 230. The average molecular weight is 183 g/mol. The first-order valence-electron chi connectivity index (χ1n) is 4.00. The summed E-state index contributed by atoms with van der Waals surface area (Å²) in [6.45, 7) is 1.94. The number of amides is 1. The van der Waals surface area contributed by atoms with Gasteiger partial charge < -0.3 is 10.1 Å². The summed E-state index contributed by atoms with van der Waals surface area (Å²) in [5.74, 6) is 0.660. The van der Waals surface area contributed by atoms with Crippen molar-refractivity contribution in [3.05, 3.63) is 0 Å². The topological polar surface area (TPSA) is 55.4 Å². The van der Waals surface area contributed by atoms with E-state index in [4.69, 9.17) is 6.42 Å². The smallest absolute Gasteiger partial charge is 0.396 e. The van der Waals surface area contributed by atoms with E-state index >= 15 is 0 Å². The van der Waals surface area contributed by atoms with Gasteiger partial charge in [0.05, 0.1) is 13.2 Å². The van der Waals surface area contributed by atoms with Crippen molar-refractivity contribution in [1.82, 2.24) is 5.32 Å². The number of nitrogens with one attached hydrogen (secondary N) is 1. The summed E-state index contributed by atoms with van der Waals surface area (Å²) in [4.78, 5) is 21.6. The van der Waals surface area contributed by atoms with Crippen molar-refractivity contribution in [3.8, 4) is 12.3 Å². The third-order valence-corrected chi connectivity index (χ3v) is 1.45. The lowest BCUT2D eigenvalue weighted by Crippen LogP contribution is -2.38. The molecule has 0 aromatic carbocycles. The van der Waals surface area contributed by atoms with Gasteiger partial charge in [-0.1, -0.05) is 19.3 Å². The van der Waals surface area contributed by atoms with Crippen molar-refractivity contribution < 1.29 is 14.3 Å². The number of terminal acetylenes is 1. The lowest BCUT2D eigenvalue weighted by Gasteiger charge is -2.09. The van der Waals surface area contributed by atoms with E-state index in [-0.39, 0.29) is 0 Å². The van der Waals surface area contributed by atoms with Crippen molar-refractivity contribution in [2.24, 2.45) is 0 Å². The molecule has 0 radical (unpaired) electrons. The van der Waals surface area contributed by atoms with Crippen LogP contribution in [0.5, 0.6) is 0 Å². The fourth-order valence-corrected chi connectivity index (χ4v) is 0.796. The van der Waals surface area contributed by atoms with Crippen LogP contribution in [0.3, 0.4) is 0 Å². The molecule has 4 nitrogen and oxygen atoms in total. The third-order valence-electron chi connectivity index (χ3n) is 1.45. The lowest BCUT2D eigenvalue weighted by atomic mass is 10.2. The standard InChI is InChI=1S/C9H13NO3/c1-4-6-7(5-2)10-8(11)9(12)13-3/h2,7H,4,6H2,1,3H3,(H,10,11). The normalized spacial score (nSPS) is 11.2. The maximum atomic E-state index is 10.9. The van der Waals surface area contributed by atoms with E-state index in [2.05, 4.69) is 16.0 Å². The summed E-state index contributed by atoms with van der Waals surface area (Å²) in [7, 11) is 1.15. The number of carbonyl (C=O) groups excluding carboxylic acids is 2. The zero-order valence-electron chi connectivity index (χ0n) is 7.79. The molecule has 0 bridgehead atoms. The van der Waals surface area contributed by atoms with Crippen LogP contribution >= 0.6 is 0 Å². The van der Waals surface area contributed by atoms with Gasteiger partial charge >= 0.3 is 11.9 Å². The van der Waals surface area contributed by atoms with E-state index in [9.17, 15) is 9.59 Å². The molecular weight excluding hydrogens is 170 g/mol. The van der Waals surface area contributed by atoms with Gasteiger partial charge in [-0.25, -0.2) is 4.79 Å². The van der Waals surface area contributed by atoms with Crippen LogP contribution in [-0.4, -0.2) is 25.0 Å². The Morgan fingerprint density at radius 2 is 2.23 bits per heavy atom. The van der Waals surface area contributed by atoms with Gasteiger partial charge in [-0.15, -0.1) is 6.42 Å². The summed E-state index contributed by atoms with van der Waals surface area (Å²) < 4.78 is 4.22. The van der Waals surface area contributed by atoms with Crippen LogP contribution in [-0.2, 0) is 14.3 Å². The highest BCUT2D eigenvalue weighted by Crippen LogP contribution is 1.94. The molecule has 0 saturated carbocycles. The number of ether oxygens (including phenoxy) is 1. The first-order valence-corrected chi connectivity index (χ1v) is 4.00. The van der Waals surface area contributed by atoms with Crippen LogP contribution in [0.25, 0.3) is 0 Å². The van der Waals surface area contributed by atoms with Gasteiger partial charge in [0.1, 0.15) is 0 Å². The first-order chi connectivity index (χ1) is 6.15. The van der Waals surface area contributed by atoms with Crippen molar-refractivity contribution >= 4 is 11.9 Å². The molecule has 0 aliphatic carbocycles. The molecule has 0 aromatic rings. The highest BCUT2D eigenvalue weighted by Gasteiger charge is 2.16. The molecule has 0 fully saturated rings. The second-order valence-electron chi connectivity index (χ2n) is 2.47. The summed E-state index contributed by atoms with van der Waals surface area (Å²) in [5.41, 5.74) is 0. The fraction of sp³-hybridized carbons (Fsp3) is 0.556. The Morgan fingerprint density at radius 3 is 2.62 bits per heavy atom. The maximum absolute atomic E-state index is 10.9. The van der Waals surface area contributed by atoms with Gasteiger partial charge in [0, 0.05) is 0 Å². The molecule has 0 heterocycles. The van der Waals surface area contributed by atoms with Crippen LogP contribution in [0.15, 0.2) is 0 Å². The Morgan fingerprint density at radius 1 is 1.62 bits per heavy atom. The van der Waals surface area contributed by atoms with E-state index in [1.807, 2.05) is 6.92 Å². The molecule has 1 amide bonds. The van der Waals surface area contributed by atoms with E-state index in [0.29, 0.717) is 6.42 Å². The number of methoxy groups -OCH3 is 1. The molecular formula is C9H13NO3. The Hall–Kier alpha value is -1.50. The number of hydrogen-bond acceptors (Lipinski definition) is 3. The van der Waals surface area contributed by atoms with Crippen molar-refractivity contribution in [1.29, 1.82) is 0 Å². The van der Waals surface area contributed by atoms with Crippen LogP contribution < -0.4 is 5.32 Å².